The molecule has 7 heteroatoms. The van der Waals surface area contributed by atoms with Crippen LogP contribution in [0, 0.1) is 10.1 Å². The fraction of sp³-hybridized carbons (Fsp3) is 0.130. The number of carbonyl (C=O) groups excluding carboxylic acids is 2. The van der Waals surface area contributed by atoms with Crippen molar-refractivity contribution in [2.24, 2.45) is 0 Å². The minimum absolute atomic E-state index is 0.115. The molecule has 0 fully saturated rings. The van der Waals surface area contributed by atoms with Crippen LogP contribution in [0.1, 0.15) is 32.4 Å². The summed E-state index contributed by atoms with van der Waals surface area (Å²) in [5.74, 6) is -1.07. The zero-order chi connectivity index (χ0) is 21.7. The Kier molecular flexibility index (Phi) is 6.22. The first-order valence-corrected chi connectivity index (χ1v) is 9.19. The van der Waals surface area contributed by atoms with Crippen molar-refractivity contribution in [2.45, 2.75) is 6.10 Å². The number of nitro benzene ring substituents is 1. The van der Waals surface area contributed by atoms with Gasteiger partial charge in [-0.2, -0.15) is 0 Å². The monoisotopic (exact) mass is 404 g/mol. The largest absolute Gasteiger partial charge is 0.445 e. The van der Waals surface area contributed by atoms with Crippen LogP contribution in [0.5, 0.6) is 0 Å². The number of ether oxygens (including phenoxy) is 1. The van der Waals surface area contributed by atoms with E-state index in [1.165, 1.54) is 24.3 Å². The van der Waals surface area contributed by atoms with Crippen LogP contribution in [-0.4, -0.2) is 30.8 Å². The van der Waals surface area contributed by atoms with Gasteiger partial charge in [-0.25, -0.2) is 4.79 Å². The maximum Gasteiger partial charge on any atom is 0.339 e. The van der Waals surface area contributed by atoms with Crippen molar-refractivity contribution in [3.63, 3.8) is 0 Å². The number of benzene rings is 3. The van der Waals surface area contributed by atoms with E-state index in [0.717, 1.165) is 5.69 Å². The molecule has 0 aliphatic rings. The van der Waals surface area contributed by atoms with Crippen LogP contribution in [0.15, 0.2) is 78.9 Å². The smallest absolute Gasteiger partial charge is 0.339 e. The van der Waals surface area contributed by atoms with Gasteiger partial charge in [0.05, 0.1) is 10.5 Å². The van der Waals surface area contributed by atoms with Crippen LogP contribution in [-0.2, 0) is 4.74 Å². The Balaban J connectivity index is 1.91. The Hall–Kier alpha value is -4.00. The van der Waals surface area contributed by atoms with E-state index in [-0.39, 0.29) is 5.69 Å². The number of anilines is 1. The Labute approximate surface area is 173 Å². The van der Waals surface area contributed by atoms with E-state index in [9.17, 15) is 19.7 Å². The topological polar surface area (TPSA) is 89.8 Å². The van der Waals surface area contributed by atoms with E-state index in [1.807, 2.05) is 19.0 Å². The molecule has 1 atom stereocenters. The second kappa shape index (κ2) is 9.00. The minimum atomic E-state index is -1.23. The summed E-state index contributed by atoms with van der Waals surface area (Å²) >= 11 is 0. The molecule has 0 saturated carbocycles. The third kappa shape index (κ3) is 4.70. The number of ketones is 1. The van der Waals surface area contributed by atoms with Gasteiger partial charge < -0.3 is 9.64 Å². The number of esters is 1. The zero-order valence-corrected chi connectivity index (χ0v) is 16.5. The average Bonchev–Trinajstić information content (AvgIpc) is 2.77. The fourth-order valence-corrected chi connectivity index (χ4v) is 2.87. The van der Waals surface area contributed by atoms with Crippen molar-refractivity contribution in [1.82, 2.24) is 0 Å². The summed E-state index contributed by atoms with van der Waals surface area (Å²) in [6.45, 7) is 0. The summed E-state index contributed by atoms with van der Waals surface area (Å²) in [6.07, 6.45) is -1.23. The Bertz CT molecular complexity index is 1050. The number of rotatable bonds is 7. The summed E-state index contributed by atoms with van der Waals surface area (Å²) < 4.78 is 5.57. The third-order valence-electron chi connectivity index (χ3n) is 4.55. The van der Waals surface area contributed by atoms with Crippen LogP contribution in [0.25, 0.3) is 0 Å². The fourth-order valence-electron chi connectivity index (χ4n) is 2.87. The summed E-state index contributed by atoms with van der Waals surface area (Å²) in [6, 6.07) is 20.6. The van der Waals surface area contributed by atoms with Gasteiger partial charge in [0.2, 0.25) is 5.78 Å². The molecule has 7 nitrogen and oxygen atoms in total. The molecule has 0 saturated heterocycles. The number of carbonyl (C=O) groups is 2. The molecular weight excluding hydrogens is 384 g/mol. The molecule has 0 radical (unpaired) electrons. The SMILES string of the molecule is CN(C)c1ccc(C(=O)O[C@H](C(=O)c2ccccc2)c2ccc([N+](=O)[O-])cc2)cc1. The van der Waals surface area contributed by atoms with Gasteiger partial charge in [0.15, 0.2) is 6.10 Å². The number of hydrogen-bond donors (Lipinski definition) is 0. The summed E-state index contributed by atoms with van der Waals surface area (Å²) in [7, 11) is 3.77. The van der Waals surface area contributed by atoms with Gasteiger partial charge in [-0.1, -0.05) is 30.3 Å². The lowest BCUT2D eigenvalue weighted by atomic mass is 9.99. The first kappa shape index (κ1) is 20.7. The van der Waals surface area contributed by atoms with Crippen molar-refractivity contribution in [2.75, 3.05) is 19.0 Å². The van der Waals surface area contributed by atoms with E-state index in [2.05, 4.69) is 0 Å². The zero-order valence-electron chi connectivity index (χ0n) is 16.5. The molecule has 0 amide bonds. The summed E-state index contributed by atoms with van der Waals surface area (Å²) in [5.41, 5.74) is 1.83. The highest BCUT2D eigenvalue weighted by atomic mass is 16.6. The second-order valence-electron chi connectivity index (χ2n) is 6.81. The average molecular weight is 404 g/mol. The number of Topliss-reactive ketones (excluding diaryl/α,β-unsaturated/α-hetero) is 1. The summed E-state index contributed by atoms with van der Waals surface area (Å²) in [4.78, 5) is 38.1. The molecule has 30 heavy (non-hydrogen) atoms. The molecule has 0 aliphatic heterocycles. The Morgan fingerprint density at radius 1 is 0.867 bits per heavy atom. The van der Waals surface area contributed by atoms with Crippen molar-refractivity contribution in [3.8, 4) is 0 Å². The van der Waals surface area contributed by atoms with Crippen molar-refractivity contribution in [1.29, 1.82) is 0 Å². The van der Waals surface area contributed by atoms with Gasteiger partial charge in [-0.05, 0) is 36.4 Å². The first-order chi connectivity index (χ1) is 14.4. The van der Waals surface area contributed by atoms with Gasteiger partial charge in [-0.15, -0.1) is 0 Å². The predicted octanol–water partition coefficient (Wildman–Crippen LogP) is 4.44. The third-order valence-corrected chi connectivity index (χ3v) is 4.55. The Morgan fingerprint density at radius 3 is 2.00 bits per heavy atom. The Morgan fingerprint density at radius 2 is 1.47 bits per heavy atom. The van der Waals surface area contributed by atoms with E-state index in [0.29, 0.717) is 16.7 Å². The molecule has 0 spiro atoms. The van der Waals surface area contributed by atoms with Crippen LogP contribution in [0.2, 0.25) is 0 Å². The molecule has 3 aromatic carbocycles. The van der Waals surface area contributed by atoms with Gasteiger partial charge >= 0.3 is 5.97 Å². The van der Waals surface area contributed by atoms with Gasteiger partial charge in [0, 0.05) is 43.0 Å². The molecule has 0 aromatic heterocycles. The summed E-state index contributed by atoms with van der Waals surface area (Å²) in [5, 5.41) is 10.9. The van der Waals surface area contributed by atoms with Crippen LogP contribution in [0.3, 0.4) is 0 Å². The van der Waals surface area contributed by atoms with E-state index < -0.39 is 22.8 Å². The lowest BCUT2D eigenvalue weighted by Crippen LogP contribution is -2.20. The number of non-ortho nitro benzene ring substituents is 1. The number of hydrogen-bond acceptors (Lipinski definition) is 6. The van der Waals surface area contributed by atoms with E-state index in [1.54, 1.807) is 54.6 Å². The normalized spacial score (nSPS) is 11.4. The lowest BCUT2D eigenvalue weighted by Gasteiger charge is -2.18. The van der Waals surface area contributed by atoms with Gasteiger partial charge in [-0.3, -0.25) is 14.9 Å². The quantitative estimate of drug-likeness (QED) is 0.250. The predicted molar refractivity (Wildman–Crippen MR) is 113 cm³/mol. The molecular formula is C23H20N2O5. The van der Waals surface area contributed by atoms with Gasteiger partial charge in [0.25, 0.3) is 5.69 Å². The first-order valence-electron chi connectivity index (χ1n) is 9.19. The molecule has 0 N–H and O–H groups in total. The highest BCUT2D eigenvalue weighted by Gasteiger charge is 2.27. The number of nitro groups is 1. The molecule has 3 rings (SSSR count). The lowest BCUT2D eigenvalue weighted by molar-refractivity contribution is -0.384. The van der Waals surface area contributed by atoms with E-state index >= 15 is 0 Å². The molecule has 3 aromatic rings. The second-order valence-corrected chi connectivity index (χ2v) is 6.81. The molecule has 0 unspecified atom stereocenters. The molecule has 0 heterocycles. The number of nitrogens with zero attached hydrogens (tertiary/aromatic N) is 2. The van der Waals surface area contributed by atoms with Crippen LogP contribution >= 0.6 is 0 Å². The van der Waals surface area contributed by atoms with Gasteiger partial charge in [0.1, 0.15) is 0 Å². The highest BCUT2D eigenvalue weighted by molar-refractivity contribution is 6.02. The van der Waals surface area contributed by atoms with Crippen LogP contribution in [0.4, 0.5) is 11.4 Å². The standard InChI is InChI=1S/C23H20N2O5/c1-24(2)19-12-10-18(11-13-19)23(27)30-22(21(26)16-6-4-3-5-7-16)17-8-14-20(15-9-17)25(28)29/h3-15,22H,1-2H3/t22-/m0/s1. The van der Waals surface area contributed by atoms with Crippen LogP contribution < -0.4 is 4.90 Å². The minimum Gasteiger partial charge on any atom is -0.445 e. The maximum atomic E-state index is 13.1. The van der Waals surface area contributed by atoms with E-state index in [4.69, 9.17) is 4.74 Å². The molecule has 152 valence electrons. The molecule has 0 aliphatic carbocycles. The molecule has 0 bridgehead atoms. The van der Waals surface area contributed by atoms with Crippen molar-refractivity contribution >= 4 is 23.1 Å². The van der Waals surface area contributed by atoms with Crippen molar-refractivity contribution < 1.29 is 19.2 Å². The highest BCUT2D eigenvalue weighted by Crippen LogP contribution is 2.26. The van der Waals surface area contributed by atoms with Crippen molar-refractivity contribution in [3.05, 3.63) is 106 Å². The maximum absolute atomic E-state index is 13.1.